The molecule has 2 aromatic rings. The van der Waals surface area contributed by atoms with Crippen LogP contribution in [0.15, 0.2) is 46.7 Å². The number of amides is 1. The molecule has 0 saturated carbocycles. The van der Waals surface area contributed by atoms with Crippen molar-refractivity contribution >= 4 is 33.1 Å². The van der Waals surface area contributed by atoms with Crippen molar-refractivity contribution in [3.8, 4) is 0 Å². The van der Waals surface area contributed by atoms with E-state index in [1.165, 1.54) is 40.4 Å². The Hall–Kier alpha value is -2.03. The molecule has 0 aliphatic carbocycles. The average Bonchev–Trinajstić information content (AvgIpc) is 3.21. The van der Waals surface area contributed by atoms with Crippen LogP contribution in [-0.4, -0.2) is 43.5 Å². The Morgan fingerprint density at radius 1 is 1.18 bits per heavy atom. The van der Waals surface area contributed by atoms with E-state index >= 15 is 0 Å². The lowest BCUT2D eigenvalue weighted by Gasteiger charge is -2.33. The topological polar surface area (TPSA) is 83.6 Å². The zero-order valence-corrected chi connectivity index (χ0v) is 17.4. The summed E-state index contributed by atoms with van der Waals surface area (Å²) in [4.78, 5) is 25.4. The number of benzene rings is 1. The Morgan fingerprint density at radius 3 is 2.57 bits per heavy atom. The van der Waals surface area contributed by atoms with Crippen LogP contribution in [0.2, 0.25) is 0 Å². The van der Waals surface area contributed by atoms with Crippen molar-refractivity contribution in [3.05, 3.63) is 52.2 Å². The maximum atomic E-state index is 13.1. The van der Waals surface area contributed by atoms with Gasteiger partial charge in [0.25, 0.3) is 0 Å². The zero-order chi connectivity index (χ0) is 20.1. The summed E-state index contributed by atoms with van der Waals surface area (Å²) in [5.41, 5.74) is 0.459. The molecule has 0 radical (unpaired) electrons. The number of Topliss-reactive ketones (excluding diaryl/α,β-unsaturated/α-hetero) is 1. The molecule has 0 spiro atoms. The van der Waals surface area contributed by atoms with Gasteiger partial charge in [-0.05, 0) is 49.8 Å². The molecule has 1 atom stereocenters. The zero-order valence-electron chi connectivity index (χ0n) is 15.8. The number of sulfonamides is 1. The van der Waals surface area contributed by atoms with E-state index in [2.05, 4.69) is 5.32 Å². The standard InChI is InChI=1S/C20H24N2O4S2/c1-15(23)16-7-9-18(10-8-16)28(25,26)22-13-3-2-6-19(22)20(24)21-12-11-17-5-4-14-27-17/h4-5,7-10,14,19H,2-3,6,11-13H2,1H3,(H,21,24). The van der Waals surface area contributed by atoms with Gasteiger partial charge in [-0.1, -0.05) is 24.6 Å². The smallest absolute Gasteiger partial charge is 0.243 e. The van der Waals surface area contributed by atoms with Gasteiger partial charge in [0.05, 0.1) is 4.90 Å². The molecule has 1 unspecified atom stereocenters. The molecular formula is C20H24N2O4S2. The summed E-state index contributed by atoms with van der Waals surface area (Å²) in [6, 6.07) is 9.17. The second-order valence-corrected chi connectivity index (χ2v) is 9.75. The third kappa shape index (κ3) is 4.68. The predicted molar refractivity (Wildman–Crippen MR) is 109 cm³/mol. The van der Waals surface area contributed by atoms with E-state index in [4.69, 9.17) is 0 Å². The van der Waals surface area contributed by atoms with Gasteiger partial charge in [0.15, 0.2) is 5.78 Å². The lowest BCUT2D eigenvalue weighted by molar-refractivity contribution is -0.125. The normalized spacial score (nSPS) is 18.0. The molecule has 2 heterocycles. The van der Waals surface area contributed by atoms with E-state index in [0.29, 0.717) is 25.1 Å². The summed E-state index contributed by atoms with van der Waals surface area (Å²) in [5.74, 6) is -0.370. The number of thiophene rings is 1. The van der Waals surface area contributed by atoms with Crippen LogP contribution in [0.3, 0.4) is 0 Å². The average molecular weight is 421 g/mol. The molecule has 8 heteroatoms. The molecule has 1 aliphatic heterocycles. The van der Waals surface area contributed by atoms with Crippen LogP contribution < -0.4 is 5.32 Å². The molecule has 1 amide bonds. The Balaban J connectivity index is 1.72. The highest BCUT2D eigenvalue weighted by molar-refractivity contribution is 7.89. The van der Waals surface area contributed by atoms with Crippen LogP contribution in [0.1, 0.15) is 41.4 Å². The third-order valence-corrected chi connectivity index (χ3v) is 7.73. The van der Waals surface area contributed by atoms with Gasteiger partial charge in [-0.25, -0.2) is 8.42 Å². The number of carbonyl (C=O) groups excluding carboxylic acids is 2. The van der Waals surface area contributed by atoms with Crippen molar-refractivity contribution < 1.29 is 18.0 Å². The monoisotopic (exact) mass is 420 g/mol. The molecule has 1 fully saturated rings. The number of hydrogen-bond donors (Lipinski definition) is 1. The summed E-state index contributed by atoms with van der Waals surface area (Å²) in [5, 5.41) is 4.88. The molecule has 1 aromatic carbocycles. The van der Waals surface area contributed by atoms with Crippen molar-refractivity contribution in [2.75, 3.05) is 13.1 Å². The van der Waals surface area contributed by atoms with Gasteiger partial charge < -0.3 is 5.32 Å². The number of ketones is 1. The number of carbonyl (C=O) groups is 2. The van der Waals surface area contributed by atoms with Crippen LogP contribution in [0.25, 0.3) is 0 Å². The van der Waals surface area contributed by atoms with Gasteiger partial charge >= 0.3 is 0 Å². The summed E-state index contributed by atoms with van der Waals surface area (Å²) >= 11 is 1.63. The molecule has 1 N–H and O–H groups in total. The van der Waals surface area contributed by atoms with Gasteiger partial charge in [-0.3, -0.25) is 9.59 Å². The SMILES string of the molecule is CC(=O)c1ccc(S(=O)(=O)N2CCCCC2C(=O)NCCc2cccs2)cc1. The van der Waals surface area contributed by atoms with Crippen LogP contribution in [0.5, 0.6) is 0 Å². The molecule has 0 bridgehead atoms. The van der Waals surface area contributed by atoms with E-state index < -0.39 is 16.1 Å². The second kappa shape index (κ2) is 8.98. The van der Waals surface area contributed by atoms with Crippen LogP contribution in [-0.2, 0) is 21.2 Å². The minimum atomic E-state index is -3.80. The Labute approximate surface area is 169 Å². The fourth-order valence-corrected chi connectivity index (χ4v) is 5.70. The summed E-state index contributed by atoms with van der Waals surface area (Å²) in [7, 11) is -3.80. The summed E-state index contributed by atoms with van der Waals surface area (Å²) in [6.07, 6.45) is 2.78. The first-order valence-corrected chi connectivity index (χ1v) is 11.6. The first-order chi connectivity index (χ1) is 13.4. The van der Waals surface area contributed by atoms with Crippen molar-refractivity contribution in [2.45, 2.75) is 43.5 Å². The van der Waals surface area contributed by atoms with Crippen molar-refractivity contribution in [3.63, 3.8) is 0 Å². The maximum absolute atomic E-state index is 13.1. The Bertz CT molecular complexity index is 922. The van der Waals surface area contributed by atoms with E-state index in [0.717, 1.165) is 19.3 Å². The molecule has 3 rings (SSSR count). The number of rotatable bonds is 7. The lowest BCUT2D eigenvalue weighted by atomic mass is 10.0. The molecule has 6 nitrogen and oxygen atoms in total. The van der Waals surface area contributed by atoms with E-state index in [1.807, 2.05) is 17.5 Å². The first kappa shape index (κ1) is 20.7. The lowest BCUT2D eigenvalue weighted by Crippen LogP contribution is -2.52. The molecule has 1 aliphatic rings. The van der Waals surface area contributed by atoms with Gasteiger partial charge in [-0.2, -0.15) is 4.31 Å². The van der Waals surface area contributed by atoms with E-state index in [1.54, 1.807) is 11.3 Å². The minimum Gasteiger partial charge on any atom is -0.354 e. The summed E-state index contributed by atoms with van der Waals surface area (Å²) < 4.78 is 27.5. The predicted octanol–water partition coefficient (Wildman–Crippen LogP) is 2.85. The number of hydrogen-bond acceptors (Lipinski definition) is 5. The summed E-state index contributed by atoms with van der Waals surface area (Å²) in [6.45, 7) is 2.24. The highest BCUT2D eigenvalue weighted by Crippen LogP contribution is 2.26. The molecule has 150 valence electrons. The highest BCUT2D eigenvalue weighted by atomic mass is 32.2. The maximum Gasteiger partial charge on any atom is 0.243 e. The van der Waals surface area contributed by atoms with Crippen LogP contribution in [0, 0.1) is 0 Å². The molecule has 1 aromatic heterocycles. The quantitative estimate of drug-likeness (QED) is 0.698. The Morgan fingerprint density at radius 2 is 1.93 bits per heavy atom. The van der Waals surface area contributed by atoms with Crippen LogP contribution >= 0.6 is 11.3 Å². The minimum absolute atomic E-state index is 0.107. The largest absolute Gasteiger partial charge is 0.354 e. The van der Waals surface area contributed by atoms with E-state index in [9.17, 15) is 18.0 Å². The first-order valence-electron chi connectivity index (χ1n) is 9.32. The van der Waals surface area contributed by atoms with Gasteiger partial charge in [0, 0.05) is 23.5 Å². The number of nitrogens with zero attached hydrogens (tertiary/aromatic N) is 1. The second-order valence-electron chi connectivity index (χ2n) is 6.83. The fourth-order valence-electron chi connectivity index (χ4n) is 3.33. The highest BCUT2D eigenvalue weighted by Gasteiger charge is 2.37. The van der Waals surface area contributed by atoms with E-state index in [-0.39, 0.29) is 16.6 Å². The Kier molecular flexibility index (Phi) is 6.64. The van der Waals surface area contributed by atoms with Crippen molar-refractivity contribution in [1.29, 1.82) is 0 Å². The molecule has 28 heavy (non-hydrogen) atoms. The van der Waals surface area contributed by atoms with Gasteiger partial charge in [0.1, 0.15) is 6.04 Å². The van der Waals surface area contributed by atoms with Gasteiger partial charge in [0.2, 0.25) is 15.9 Å². The fraction of sp³-hybridized carbons (Fsp3) is 0.400. The van der Waals surface area contributed by atoms with Crippen LogP contribution in [0.4, 0.5) is 0 Å². The number of nitrogens with one attached hydrogen (secondary N) is 1. The molecule has 1 saturated heterocycles. The molecular weight excluding hydrogens is 396 g/mol. The number of piperidine rings is 1. The van der Waals surface area contributed by atoms with Gasteiger partial charge in [-0.15, -0.1) is 11.3 Å². The van der Waals surface area contributed by atoms with Crippen molar-refractivity contribution in [1.82, 2.24) is 9.62 Å². The third-order valence-electron chi connectivity index (χ3n) is 4.87. The van der Waals surface area contributed by atoms with Crippen molar-refractivity contribution in [2.24, 2.45) is 0 Å².